The number of aliphatic hydroxyl groups excluding tert-OH is 1. The second-order valence-electron chi connectivity index (χ2n) is 4.84. The van der Waals surface area contributed by atoms with Crippen LogP contribution in [0.15, 0.2) is 12.2 Å². The van der Waals surface area contributed by atoms with E-state index in [1.54, 1.807) is 0 Å². The van der Waals surface area contributed by atoms with Gasteiger partial charge in [-0.25, -0.2) is 0 Å². The molecular weight excluding hydrogens is 236 g/mol. The van der Waals surface area contributed by atoms with Crippen LogP contribution in [0.3, 0.4) is 0 Å². The van der Waals surface area contributed by atoms with Crippen LogP contribution in [0.5, 0.6) is 0 Å². The molecule has 1 rings (SSSR count). The first kappa shape index (κ1) is 14.6. The maximum atomic E-state index is 11.6. The fourth-order valence-electron chi connectivity index (χ4n) is 2.05. The van der Waals surface area contributed by atoms with Crippen LogP contribution in [0.1, 0.15) is 33.1 Å². The Bertz CT molecular complexity index is 274. The normalized spacial score (nSPS) is 20.3. The van der Waals surface area contributed by atoms with Crippen LogP contribution in [-0.2, 0) is 9.53 Å². The van der Waals surface area contributed by atoms with E-state index < -0.39 is 0 Å². The highest BCUT2D eigenvalue weighted by Crippen LogP contribution is 2.32. The number of carbonyl (C=O) groups excluding carboxylic acids is 1. The van der Waals surface area contributed by atoms with Crippen LogP contribution in [0.4, 0.5) is 0 Å². The van der Waals surface area contributed by atoms with Gasteiger partial charge in [0, 0.05) is 11.7 Å². The topological polar surface area (TPSA) is 46.5 Å². The molecule has 0 bridgehead atoms. The highest BCUT2D eigenvalue weighted by molar-refractivity contribution is 7.99. The summed E-state index contributed by atoms with van der Waals surface area (Å²) < 4.78 is 5.55. The molecule has 1 atom stereocenters. The fourth-order valence-corrected chi connectivity index (χ4v) is 2.55. The molecule has 1 aliphatic carbocycles. The van der Waals surface area contributed by atoms with Crippen LogP contribution >= 0.6 is 11.8 Å². The lowest BCUT2D eigenvalue weighted by Crippen LogP contribution is -2.37. The van der Waals surface area contributed by atoms with Crippen molar-refractivity contribution < 1.29 is 14.6 Å². The zero-order valence-corrected chi connectivity index (χ0v) is 11.5. The van der Waals surface area contributed by atoms with Gasteiger partial charge < -0.3 is 9.84 Å². The first-order chi connectivity index (χ1) is 8.06. The Morgan fingerprint density at radius 3 is 2.88 bits per heavy atom. The molecule has 0 fully saturated rings. The van der Waals surface area contributed by atoms with Gasteiger partial charge in [0.25, 0.3) is 0 Å². The Morgan fingerprint density at radius 1 is 1.53 bits per heavy atom. The molecule has 0 saturated carbocycles. The summed E-state index contributed by atoms with van der Waals surface area (Å²) in [5.41, 5.74) is -0.387. The van der Waals surface area contributed by atoms with E-state index >= 15 is 0 Å². The Hall–Kier alpha value is -0.480. The molecule has 3 nitrogen and oxygen atoms in total. The summed E-state index contributed by atoms with van der Waals surface area (Å²) in [7, 11) is 0. The number of ether oxygens (including phenoxy) is 1. The SMILES string of the molecule is CC(C)(OC(=O)CSCCO)C1CC=CCC1. The third-order valence-electron chi connectivity index (χ3n) is 3.08. The van der Waals surface area contributed by atoms with Crippen LogP contribution in [0, 0.1) is 5.92 Å². The standard InChI is InChI=1S/C13H22O3S/c1-13(2,11-6-4-3-5-7-11)16-12(15)10-17-9-8-14/h3-4,11,14H,5-10H2,1-2H3. The van der Waals surface area contributed by atoms with Crippen molar-refractivity contribution in [2.75, 3.05) is 18.1 Å². The minimum Gasteiger partial charge on any atom is -0.459 e. The molecule has 0 spiro atoms. The molecule has 0 aromatic carbocycles. The van der Waals surface area contributed by atoms with Crippen LogP contribution in [-0.4, -0.2) is 34.8 Å². The molecule has 0 aromatic rings. The first-order valence-corrected chi connectivity index (χ1v) is 7.27. The largest absolute Gasteiger partial charge is 0.459 e. The quantitative estimate of drug-likeness (QED) is 0.451. The van der Waals surface area contributed by atoms with Gasteiger partial charge in [0.1, 0.15) is 5.60 Å². The number of thioether (sulfide) groups is 1. The van der Waals surface area contributed by atoms with Crippen molar-refractivity contribution in [1.29, 1.82) is 0 Å². The average Bonchev–Trinajstić information content (AvgIpc) is 2.30. The summed E-state index contributed by atoms with van der Waals surface area (Å²) in [5, 5.41) is 8.64. The van der Waals surface area contributed by atoms with E-state index in [0.717, 1.165) is 19.3 Å². The summed E-state index contributed by atoms with van der Waals surface area (Å²) >= 11 is 1.41. The van der Waals surface area contributed by atoms with E-state index in [1.807, 2.05) is 13.8 Å². The molecule has 0 amide bonds. The molecule has 1 aliphatic rings. The predicted molar refractivity (Wildman–Crippen MR) is 71.1 cm³/mol. The van der Waals surface area contributed by atoms with Crippen molar-refractivity contribution in [2.45, 2.75) is 38.7 Å². The van der Waals surface area contributed by atoms with Crippen LogP contribution in [0.25, 0.3) is 0 Å². The van der Waals surface area contributed by atoms with E-state index in [4.69, 9.17) is 9.84 Å². The van der Waals surface area contributed by atoms with E-state index in [-0.39, 0.29) is 18.2 Å². The predicted octanol–water partition coefficient (Wildman–Crippen LogP) is 2.39. The van der Waals surface area contributed by atoms with Crippen LogP contribution in [0.2, 0.25) is 0 Å². The van der Waals surface area contributed by atoms with Gasteiger partial charge in [-0.15, -0.1) is 11.8 Å². The van der Waals surface area contributed by atoms with Crippen LogP contribution < -0.4 is 0 Å². The van der Waals surface area contributed by atoms with Crippen molar-refractivity contribution in [3.63, 3.8) is 0 Å². The lowest BCUT2D eigenvalue weighted by molar-refractivity contribution is -0.158. The van der Waals surface area contributed by atoms with Gasteiger partial charge in [-0.2, -0.15) is 0 Å². The van der Waals surface area contributed by atoms with Gasteiger partial charge in [0.15, 0.2) is 0 Å². The second kappa shape index (κ2) is 7.07. The highest BCUT2D eigenvalue weighted by atomic mass is 32.2. The van der Waals surface area contributed by atoms with Crippen molar-refractivity contribution in [3.8, 4) is 0 Å². The molecule has 4 heteroatoms. The minimum atomic E-state index is -0.387. The molecule has 1 unspecified atom stereocenters. The number of allylic oxidation sites excluding steroid dienone is 2. The third kappa shape index (κ3) is 5.13. The van der Waals surface area contributed by atoms with Gasteiger partial charge in [0.2, 0.25) is 0 Å². The molecule has 0 aromatic heterocycles. The summed E-state index contributed by atoms with van der Waals surface area (Å²) in [6.45, 7) is 4.09. The number of hydrogen-bond acceptors (Lipinski definition) is 4. The average molecular weight is 258 g/mol. The molecule has 0 radical (unpaired) electrons. The third-order valence-corrected chi connectivity index (χ3v) is 4.00. The van der Waals surface area contributed by atoms with Crippen molar-refractivity contribution >= 4 is 17.7 Å². The number of aliphatic hydroxyl groups is 1. The summed E-state index contributed by atoms with van der Waals surface area (Å²) in [6.07, 6.45) is 7.51. The molecule has 0 saturated heterocycles. The maximum absolute atomic E-state index is 11.6. The second-order valence-corrected chi connectivity index (χ2v) is 5.94. The molecule has 98 valence electrons. The number of carbonyl (C=O) groups is 1. The zero-order chi connectivity index (χ0) is 12.7. The molecule has 17 heavy (non-hydrogen) atoms. The number of hydrogen-bond donors (Lipinski definition) is 1. The summed E-state index contributed by atoms with van der Waals surface area (Å²) in [4.78, 5) is 11.6. The highest BCUT2D eigenvalue weighted by Gasteiger charge is 2.32. The first-order valence-electron chi connectivity index (χ1n) is 6.11. The number of esters is 1. The molecular formula is C13H22O3S. The Labute approximate surface area is 108 Å². The van der Waals surface area contributed by atoms with Crippen molar-refractivity contribution in [3.05, 3.63) is 12.2 Å². The smallest absolute Gasteiger partial charge is 0.316 e. The van der Waals surface area contributed by atoms with E-state index in [2.05, 4.69) is 12.2 Å². The van der Waals surface area contributed by atoms with Crippen molar-refractivity contribution in [1.82, 2.24) is 0 Å². The van der Waals surface area contributed by atoms with Gasteiger partial charge in [0.05, 0.1) is 12.4 Å². The van der Waals surface area contributed by atoms with E-state index in [0.29, 0.717) is 17.4 Å². The molecule has 1 N–H and O–H groups in total. The van der Waals surface area contributed by atoms with E-state index in [9.17, 15) is 4.79 Å². The van der Waals surface area contributed by atoms with Gasteiger partial charge in [-0.3, -0.25) is 4.79 Å². The number of rotatable bonds is 6. The zero-order valence-electron chi connectivity index (χ0n) is 10.6. The summed E-state index contributed by atoms with van der Waals surface area (Å²) in [6, 6.07) is 0. The maximum Gasteiger partial charge on any atom is 0.316 e. The Balaban J connectivity index is 2.36. The molecule has 0 aliphatic heterocycles. The Kier molecular flexibility index (Phi) is 6.06. The fraction of sp³-hybridized carbons (Fsp3) is 0.769. The monoisotopic (exact) mass is 258 g/mol. The molecule has 0 heterocycles. The summed E-state index contributed by atoms with van der Waals surface area (Å²) in [5.74, 6) is 1.15. The Morgan fingerprint density at radius 2 is 2.29 bits per heavy atom. The lowest BCUT2D eigenvalue weighted by atomic mass is 9.81. The van der Waals surface area contributed by atoms with Gasteiger partial charge in [-0.1, -0.05) is 12.2 Å². The van der Waals surface area contributed by atoms with E-state index in [1.165, 1.54) is 11.8 Å². The van der Waals surface area contributed by atoms with Gasteiger partial charge in [-0.05, 0) is 33.1 Å². The lowest BCUT2D eigenvalue weighted by Gasteiger charge is -2.34. The van der Waals surface area contributed by atoms with Crippen molar-refractivity contribution in [2.24, 2.45) is 5.92 Å². The van der Waals surface area contributed by atoms with Gasteiger partial charge >= 0.3 is 5.97 Å². The minimum absolute atomic E-state index is 0.106.